The van der Waals surface area contributed by atoms with Crippen molar-refractivity contribution in [3.63, 3.8) is 0 Å². The van der Waals surface area contributed by atoms with E-state index in [1.165, 1.54) is 6.39 Å². The molecule has 3 heterocycles. The van der Waals surface area contributed by atoms with Gasteiger partial charge in [-0.15, -0.1) is 0 Å². The van der Waals surface area contributed by atoms with Gasteiger partial charge in [-0.3, -0.25) is 14.4 Å². The zero-order valence-electron chi connectivity index (χ0n) is 18.4. The first kappa shape index (κ1) is 23.5. The third-order valence-corrected chi connectivity index (χ3v) is 7.27. The topological polar surface area (TPSA) is 116 Å². The van der Waals surface area contributed by atoms with Crippen LogP contribution in [0.3, 0.4) is 0 Å². The summed E-state index contributed by atoms with van der Waals surface area (Å²) in [5.41, 5.74) is 7.71. The zero-order chi connectivity index (χ0) is 24.7. The molecule has 8 nitrogen and oxygen atoms in total. The summed E-state index contributed by atoms with van der Waals surface area (Å²) in [5, 5.41) is 0.737. The van der Waals surface area contributed by atoms with Gasteiger partial charge in [0.15, 0.2) is 17.9 Å². The van der Waals surface area contributed by atoms with E-state index in [1.807, 2.05) is 0 Å². The van der Waals surface area contributed by atoms with Gasteiger partial charge in [-0.1, -0.05) is 35.3 Å². The number of oxazole rings is 1. The molecule has 3 aromatic rings. The van der Waals surface area contributed by atoms with Gasteiger partial charge in [-0.05, 0) is 48.2 Å². The van der Waals surface area contributed by atoms with Crippen LogP contribution in [0.25, 0.3) is 11.3 Å². The minimum atomic E-state index is -0.829. The van der Waals surface area contributed by atoms with Crippen molar-refractivity contribution in [1.82, 2.24) is 9.88 Å². The van der Waals surface area contributed by atoms with Crippen LogP contribution in [0.5, 0.6) is 0 Å². The van der Waals surface area contributed by atoms with Crippen LogP contribution < -0.4 is 5.73 Å². The van der Waals surface area contributed by atoms with Gasteiger partial charge >= 0.3 is 0 Å². The van der Waals surface area contributed by atoms with Crippen molar-refractivity contribution in [2.45, 2.75) is 30.9 Å². The van der Waals surface area contributed by atoms with Crippen molar-refractivity contribution in [1.29, 1.82) is 0 Å². The van der Waals surface area contributed by atoms with E-state index in [9.17, 15) is 14.4 Å². The highest BCUT2D eigenvalue weighted by Crippen LogP contribution is 2.36. The second-order valence-electron chi connectivity index (χ2n) is 8.62. The van der Waals surface area contributed by atoms with Crippen LogP contribution in [0, 0.1) is 0 Å². The number of likely N-dealkylation sites (tertiary alicyclic amines) is 1. The standard InChI is InChI=1S/C25H21Cl2N3O5/c26-18-4-1-13(8-19(18)27)7-17(25(33)30-6-5-21-23(30)20(31)11-34-21)16-9-14(22-10-29-12-35-22)2-3-15(16)24(28)32/h1-4,8-10,12,17,21,23H,5-7,11H2,(H2,28,32). The lowest BCUT2D eigenvalue weighted by atomic mass is 9.85. The summed E-state index contributed by atoms with van der Waals surface area (Å²) in [6.45, 7) is 0.371. The molecule has 2 saturated heterocycles. The number of Topliss-reactive ketones (excluding diaryl/α,β-unsaturated/α-hetero) is 1. The van der Waals surface area contributed by atoms with Gasteiger partial charge in [0.2, 0.25) is 11.8 Å². The largest absolute Gasteiger partial charge is 0.444 e. The number of fused-ring (bicyclic) bond motifs is 1. The lowest BCUT2D eigenvalue weighted by Crippen LogP contribution is -2.44. The Morgan fingerprint density at radius 2 is 2.00 bits per heavy atom. The van der Waals surface area contributed by atoms with Crippen LogP contribution in [0.1, 0.15) is 33.8 Å². The van der Waals surface area contributed by atoms with E-state index >= 15 is 0 Å². The highest BCUT2D eigenvalue weighted by Gasteiger charge is 2.48. The maximum absolute atomic E-state index is 14.0. The molecule has 10 heteroatoms. The van der Waals surface area contributed by atoms with Crippen LogP contribution in [0.4, 0.5) is 0 Å². The molecule has 180 valence electrons. The molecule has 5 rings (SSSR count). The smallest absolute Gasteiger partial charge is 0.249 e. The molecule has 2 aliphatic rings. The molecule has 3 atom stereocenters. The van der Waals surface area contributed by atoms with Crippen molar-refractivity contribution in [3.05, 3.63) is 75.7 Å². The summed E-state index contributed by atoms with van der Waals surface area (Å²) in [6, 6.07) is 9.45. The molecular formula is C25H21Cl2N3O5. The van der Waals surface area contributed by atoms with Gasteiger partial charge in [0.25, 0.3) is 0 Å². The number of carbonyl (C=O) groups excluding carboxylic acids is 3. The third-order valence-electron chi connectivity index (χ3n) is 6.53. The Balaban J connectivity index is 1.61. The average molecular weight is 514 g/mol. The van der Waals surface area contributed by atoms with Gasteiger partial charge in [-0.25, -0.2) is 4.98 Å². The molecule has 2 aliphatic heterocycles. The number of rotatable bonds is 6. The Bertz CT molecular complexity index is 1310. The highest BCUT2D eigenvalue weighted by atomic mass is 35.5. The summed E-state index contributed by atoms with van der Waals surface area (Å²) < 4.78 is 11.0. The predicted molar refractivity (Wildman–Crippen MR) is 128 cm³/mol. The minimum Gasteiger partial charge on any atom is -0.444 e. The monoisotopic (exact) mass is 513 g/mol. The van der Waals surface area contributed by atoms with Crippen LogP contribution in [0.2, 0.25) is 10.0 Å². The number of amides is 2. The number of primary amides is 1. The zero-order valence-corrected chi connectivity index (χ0v) is 20.0. The second kappa shape index (κ2) is 9.45. The number of halogens is 2. The second-order valence-corrected chi connectivity index (χ2v) is 9.43. The van der Waals surface area contributed by atoms with E-state index in [2.05, 4.69) is 4.98 Å². The Morgan fingerprint density at radius 3 is 2.71 bits per heavy atom. The first-order valence-electron chi connectivity index (χ1n) is 11.0. The number of nitrogens with two attached hydrogens (primary N) is 1. The summed E-state index contributed by atoms with van der Waals surface area (Å²) in [6.07, 6.45) is 3.30. The van der Waals surface area contributed by atoms with Gasteiger partial charge in [0, 0.05) is 17.7 Å². The summed E-state index contributed by atoms with van der Waals surface area (Å²) >= 11 is 12.3. The van der Waals surface area contributed by atoms with Gasteiger partial charge in [0.1, 0.15) is 12.6 Å². The van der Waals surface area contributed by atoms with E-state index in [0.717, 1.165) is 5.56 Å². The molecule has 1 aromatic heterocycles. The Morgan fingerprint density at radius 1 is 1.17 bits per heavy atom. The maximum Gasteiger partial charge on any atom is 0.249 e. The van der Waals surface area contributed by atoms with E-state index in [-0.39, 0.29) is 36.4 Å². The molecule has 0 aliphatic carbocycles. The fourth-order valence-corrected chi connectivity index (χ4v) is 5.18. The molecule has 2 aromatic carbocycles. The fraction of sp³-hybridized carbons (Fsp3) is 0.280. The normalized spacial score (nSPS) is 20.2. The number of carbonyl (C=O) groups is 3. The molecule has 2 fully saturated rings. The highest BCUT2D eigenvalue weighted by molar-refractivity contribution is 6.42. The van der Waals surface area contributed by atoms with Gasteiger partial charge < -0.3 is 19.8 Å². The van der Waals surface area contributed by atoms with Crippen LogP contribution in [-0.4, -0.2) is 52.8 Å². The summed E-state index contributed by atoms with van der Waals surface area (Å²) in [4.78, 5) is 44.5. The Hall–Kier alpha value is -3.20. The van der Waals surface area contributed by atoms with Gasteiger partial charge in [-0.2, -0.15) is 0 Å². The molecule has 35 heavy (non-hydrogen) atoms. The van der Waals surface area contributed by atoms with Gasteiger partial charge in [0.05, 0.1) is 28.3 Å². The number of aromatic nitrogens is 1. The molecular weight excluding hydrogens is 493 g/mol. The van der Waals surface area contributed by atoms with Crippen molar-refractivity contribution >= 4 is 40.8 Å². The Labute approximate surface area is 211 Å². The molecule has 3 unspecified atom stereocenters. The number of ketones is 1. The first-order chi connectivity index (χ1) is 16.8. The lowest BCUT2D eigenvalue weighted by molar-refractivity contribution is -0.137. The molecule has 0 saturated carbocycles. The van der Waals surface area contributed by atoms with Crippen molar-refractivity contribution in [2.75, 3.05) is 13.2 Å². The SMILES string of the molecule is NC(=O)c1ccc(-c2cnco2)cc1C(Cc1ccc(Cl)c(Cl)c1)C(=O)N1CCC2OCC(=O)C21. The third kappa shape index (κ3) is 4.45. The quantitative estimate of drug-likeness (QED) is 0.537. The number of ether oxygens (including phenoxy) is 1. The van der Waals surface area contributed by atoms with Crippen LogP contribution in [-0.2, 0) is 20.7 Å². The van der Waals surface area contributed by atoms with E-state index in [4.69, 9.17) is 38.1 Å². The molecule has 0 bridgehead atoms. The van der Waals surface area contributed by atoms with Crippen LogP contribution in [0.15, 0.2) is 53.4 Å². The fourth-order valence-electron chi connectivity index (χ4n) is 4.86. The first-order valence-corrected chi connectivity index (χ1v) is 11.8. The summed E-state index contributed by atoms with van der Waals surface area (Å²) in [7, 11) is 0. The molecule has 2 N–H and O–H groups in total. The van der Waals surface area contributed by atoms with Crippen molar-refractivity contribution < 1.29 is 23.5 Å². The molecule has 0 radical (unpaired) electrons. The number of hydrogen-bond donors (Lipinski definition) is 1. The average Bonchev–Trinajstić information content (AvgIpc) is 3.59. The number of benzene rings is 2. The Kier molecular flexibility index (Phi) is 6.35. The number of nitrogens with zero attached hydrogens (tertiary/aromatic N) is 2. The van der Waals surface area contributed by atoms with Crippen molar-refractivity contribution in [3.8, 4) is 11.3 Å². The van der Waals surface area contributed by atoms with E-state index in [0.29, 0.717) is 39.9 Å². The van der Waals surface area contributed by atoms with E-state index < -0.39 is 17.9 Å². The molecule has 2 amide bonds. The van der Waals surface area contributed by atoms with Crippen molar-refractivity contribution in [2.24, 2.45) is 5.73 Å². The van der Waals surface area contributed by atoms with E-state index in [1.54, 1.807) is 47.5 Å². The molecule has 0 spiro atoms. The van der Waals surface area contributed by atoms with Crippen LogP contribution >= 0.6 is 23.2 Å². The minimum absolute atomic E-state index is 0.00983. The lowest BCUT2D eigenvalue weighted by Gasteiger charge is -2.28. The maximum atomic E-state index is 14.0. The predicted octanol–water partition coefficient (Wildman–Crippen LogP) is 3.64. The summed E-state index contributed by atoms with van der Waals surface area (Å²) in [5.74, 6) is -1.44. The number of hydrogen-bond acceptors (Lipinski definition) is 6.